The summed E-state index contributed by atoms with van der Waals surface area (Å²) in [7, 11) is 0. The molecule has 0 amide bonds. The van der Waals surface area contributed by atoms with Gasteiger partial charge in [-0.3, -0.25) is 10.1 Å². The topological polar surface area (TPSA) is 81.6 Å². The summed E-state index contributed by atoms with van der Waals surface area (Å²) in [4.78, 5) is 12.3. The van der Waals surface area contributed by atoms with Gasteiger partial charge in [0.25, 0.3) is 5.69 Å². The first-order chi connectivity index (χ1) is 8.08. The van der Waals surface area contributed by atoms with Crippen molar-refractivity contribution in [1.82, 2.24) is 0 Å². The van der Waals surface area contributed by atoms with Gasteiger partial charge in [-0.25, -0.2) is 0 Å². The predicted molar refractivity (Wildman–Crippen MR) is 65.1 cm³/mol. The second kappa shape index (κ2) is 4.58. The van der Waals surface area contributed by atoms with Crippen molar-refractivity contribution in [2.75, 3.05) is 30.3 Å². The van der Waals surface area contributed by atoms with Gasteiger partial charge in [0.2, 0.25) is 0 Å². The Balaban J connectivity index is 2.22. The summed E-state index contributed by atoms with van der Waals surface area (Å²) in [6, 6.07) is 4.83. The van der Waals surface area contributed by atoms with Gasteiger partial charge in [0.05, 0.1) is 17.6 Å². The van der Waals surface area contributed by atoms with Gasteiger partial charge in [-0.2, -0.15) is 0 Å². The van der Waals surface area contributed by atoms with E-state index in [4.69, 9.17) is 10.5 Å². The van der Waals surface area contributed by atoms with Crippen LogP contribution in [0.4, 0.5) is 17.1 Å². The van der Waals surface area contributed by atoms with Crippen molar-refractivity contribution >= 4 is 17.1 Å². The Bertz CT molecular complexity index is 436. The molecule has 1 aromatic rings. The van der Waals surface area contributed by atoms with E-state index < -0.39 is 4.92 Å². The molecule has 0 spiro atoms. The highest BCUT2D eigenvalue weighted by Crippen LogP contribution is 2.27. The molecule has 17 heavy (non-hydrogen) atoms. The zero-order valence-electron chi connectivity index (χ0n) is 9.63. The number of benzene rings is 1. The number of ether oxygens (including phenoxy) is 1. The number of nitrogen functional groups attached to an aromatic ring is 1. The van der Waals surface area contributed by atoms with E-state index in [1.54, 1.807) is 12.1 Å². The van der Waals surface area contributed by atoms with Crippen LogP contribution in [-0.2, 0) is 4.74 Å². The van der Waals surface area contributed by atoms with Gasteiger partial charge in [-0.15, -0.1) is 0 Å². The number of nitrogens with zero attached hydrogens (tertiary/aromatic N) is 2. The Labute approximate surface area is 99.1 Å². The van der Waals surface area contributed by atoms with E-state index in [-0.39, 0.29) is 17.5 Å². The molecule has 1 unspecified atom stereocenters. The van der Waals surface area contributed by atoms with Crippen molar-refractivity contribution < 1.29 is 9.66 Å². The Morgan fingerprint density at radius 1 is 1.59 bits per heavy atom. The number of hydrogen-bond donors (Lipinski definition) is 1. The summed E-state index contributed by atoms with van der Waals surface area (Å²) in [5.41, 5.74) is 6.72. The number of morpholine rings is 1. The monoisotopic (exact) mass is 237 g/mol. The van der Waals surface area contributed by atoms with Crippen LogP contribution in [0.25, 0.3) is 0 Å². The molecule has 1 aromatic carbocycles. The molecule has 1 saturated heterocycles. The molecule has 0 aromatic heterocycles. The first-order valence-electron chi connectivity index (χ1n) is 5.48. The van der Waals surface area contributed by atoms with Gasteiger partial charge in [-0.1, -0.05) is 0 Å². The average molecular weight is 237 g/mol. The second-order valence-electron chi connectivity index (χ2n) is 4.13. The predicted octanol–water partition coefficient (Wildman–Crippen LogP) is 1.40. The molecule has 2 N–H and O–H groups in total. The minimum Gasteiger partial charge on any atom is -0.393 e. The molecule has 0 saturated carbocycles. The lowest BCUT2D eigenvalue weighted by Gasteiger charge is -2.32. The van der Waals surface area contributed by atoms with Crippen molar-refractivity contribution in [3.05, 3.63) is 28.3 Å². The van der Waals surface area contributed by atoms with E-state index in [1.165, 1.54) is 6.07 Å². The van der Waals surface area contributed by atoms with E-state index in [1.807, 2.05) is 6.92 Å². The summed E-state index contributed by atoms with van der Waals surface area (Å²) < 4.78 is 5.44. The fourth-order valence-electron chi connectivity index (χ4n) is 1.96. The van der Waals surface area contributed by atoms with Crippen LogP contribution in [0.2, 0.25) is 0 Å². The number of anilines is 2. The molecule has 6 heteroatoms. The van der Waals surface area contributed by atoms with Gasteiger partial charge in [0.15, 0.2) is 0 Å². The molecule has 0 aliphatic carbocycles. The minimum atomic E-state index is -0.471. The molecule has 1 heterocycles. The van der Waals surface area contributed by atoms with Crippen LogP contribution in [0.1, 0.15) is 6.92 Å². The highest BCUT2D eigenvalue weighted by molar-refractivity contribution is 5.66. The number of nitro groups is 1. The summed E-state index contributed by atoms with van der Waals surface area (Å²) in [6.07, 6.45) is 0.167. The van der Waals surface area contributed by atoms with E-state index in [2.05, 4.69) is 4.90 Å². The largest absolute Gasteiger partial charge is 0.393 e. The summed E-state index contributed by atoms with van der Waals surface area (Å²) in [6.45, 7) is 4.22. The fourth-order valence-corrected chi connectivity index (χ4v) is 1.96. The Morgan fingerprint density at radius 2 is 2.35 bits per heavy atom. The highest BCUT2D eigenvalue weighted by atomic mass is 16.6. The van der Waals surface area contributed by atoms with Crippen LogP contribution >= 0.6 is 0 Å². The van der Waals surface area contributed by atoms with Crippen molar-refractivity contribution in [2.45, 2.75) is 13.0 Å². The van der Waals surface area contributed by atoms with Crippen molar-refractivity contribution in [2.24, 2.45) is 0 Å². The lowest BCUT2D eigenvalue weighted by Crippen LogP contribution is -2.41. The first kappa shape index (κ1) is 11.7. The van der Waals surface area contributed by atoms with E-state index in [0.29, 0.717) is 6.61 Å². The van der Waals surface area contributed by atoms with Gasteiger partial charge in [-0.05, 0) is 19.1 Å². The number of nitrogens with two attached hydrogens (primary N) is 1. The molecular weight excluding hydrogens is 222 g/mol. The fraction of sp³-hybridized carbons (Fsp3) is 0.455. The van der Waals surface area contributed by atoms with Gasteiger partial charge >= 0.3 is 0 Å². The molecule has 0 radical (unpaired) electrons. The third kappa shape index (κ3) is 2.47. The van der Waals surface area contributed by atoms with Crippen LogP contribution in [0, 0.1) is 10.1 Å². The lowest BCUT2D eigenvalue weighted by molar-refractivity contribution is -0.383. The summed E-state index contributed by atoms with van der Waals surface area (Å²) in [5, 5.41) is 10.7. The molecule has 6 nitrogen and oxygen atoms in total. The molecule has 1 atom stereocenters. The molecule has 2 rings (SSSR count). The molecule has 1 fully saturated rings. The normalized spacial score (nSPS) is 20.3. The molecule has 0 bridgehead atoms. The highest BCUT2D eigenvalue weighted by Gasteiger charge is 2.19. The van der Waals surface area contributed by atoms with Gasteiger partial charge < -0.3 is 15.4 Å². The first-order valence-corrected chi connectivity index (χ1v) is 5.48. The molecule has 1 aliphatic heterocycles. The van der Waals surface area contributed by atoms with Crippen LogP contribution in [0.15, 0.2) is 18.2 Å². The van der Waals surface area contributed by atoms with E-state index in [9.17, 15) is 10.1 Å². The van der Waals surface area contributed by atoms with Crippen molar-refractivity contribution in [3.8, 4) is 0 Å². The van der Waals surface area contributed by atoms with Crippen LogP contribution in [0.3, 0.4) is 0 Å². The van der Waals surface area contributed by atoms with E-state index in [0.717, 1.165) is 18.8 Å². The Hall–Kier alpha value is -1.82. The quantitative estimate of drug-likeness (QED) is 0.477. The lowest BCUT2D eigenvalue weighted by atomic mass is 10.2. The maximum atomic E-state index is 10.7. The SMILES string of the molecule is CC1CN(c2ccc([N+](=O)[O-])c(N)c2)CCO1. The third-order valence-electron chi connectivity index (χ3n) is 2.81. The van der Waals surface area contributed by atoms with Crippen LogP contribution in [-0.4, -0.2) is 30.7 Å². The average Bonchev–Trinajstić information content (AvgIpc) is 2.28. The Morgan fingerprint density at radius 3 is 2.94 bits per heavy atom. The number of hydrogen-bond acceptors (Lipinski definition) is 5. The van der Waals surface area contributed by atoms with Gasteiger partial charge in [0, 0.05) is 24.8 Å². The number of rotatable bonds is 2. The summed E-state index contributed by atoms with van der Waals surface area (Å²) in [5.74, 6) is 0. The van der Waals surface area contributed by atoms with Gasteiger partial charge in [0.1, 0.15) is 5.69 Å². The van der Waals surface area contributed by atoms with Crippen LogP contribution in [0.5, 0.6) is 0 Å². The molecular formula is C11H15N3O3. The Kier molecular flexibility index (Phi) is 3.14. The molecule has 1 aliphatic rings. The standard InChI is InChI=1S/C11H15N3O3/c1-8-7-13(4-5-17-8)9-2-3-11(14(15)16)10(12)6-9/h2-3,6,8H,4-5,7,12H2,1H3. The maximum absolute atomic E-state index is 10.7. The zero-order valence-corrected chi connectivity index (χ0v) is 9.63. The van der Waals surface area contributed by atoms with Crippen molar-refractivity contribution in [1.29, 1.82) is 0 Å². The molecule has 92 valence electrons. The second-order valence-corrected chi connectivity index (χ2v) is 4.13. The summed E-state index contributed by atoms with van der Waals surface area (Å²) >= 11 is 0. The third-order valence-corrected chi connectivity index (χ3v) is 2.81. The maximum Gasteiger partial charge on any atom is 0.292 e. The minimum absolute atomic E-state index is 0.0462. The smallest absolute Gasteiger partial charge is 0.292 e. The van der Waals surface area contributed by atoms with Crippen molar-refractivity contribution in [3.63, 3.8) is 0 Å². The van der Waals surface area contributed by atoms with E-state index >= 15 is 0 Å². The van der Waals surface area contributed by atoms with Crippen LogP contribution < -0.4 is 10.6 Å². The number of nitro benzene ring substituents is 1. The zero-order chi connectivity index (χ0) is 12.4.